The van der Waals surface area contributed by atoms with Gasteiger partial charge >= 0.3 is 0 Å². The molecule has 0 aliphatic rings. The van der Waals surface area contributed by atoms with E-state index < -0.39 is 11.7 Å². The Bertz CT molecular complexity index is 855. The highest BCUT2D eigenvalue weighted by atomic mass is 35.5. The average Bonchev–Trinajstić information content (AvgIpc) is 3.00. The van der Waals surface area contributed by atoms with E-state index in [0.29, 0.717) is 23.6 Å². The van der Waals surface area contributed by atoms with Gasteiger partial charge in [0.25, 0.3) is 11.7 Å². The first-order valence-electron chi connectivity index (χ1n) is 7.18. The van der Waals surface area contributed by atoms with Gasteiger partial charge < -0.3 is 5.32 Å². The van der Waals surface area contributed by atoms with Gasteiger partial charge in [-0.1, -0.05) is 41.9 Å². The Balaban J connectivity index is 1.61. The second kappa shape index (κ2) is 6.94. The topological polar surface area (TPSA) is 46.2 Å². The van der Waals surface area contributed by atoms with Crippen molar-refractivity contribution in [1.29, 1.82) is 0 Å². The molecule has 3 aromatic rings. The summed E-state index contributed by atoms with van der Waals surface area (Å²) in [7, 11) is 0. The lowest BCUT2D eigenvalue weighted by atomic mass is 10.1. The summed E-state index contributed by atoms with van der Waals surface area (Å²) >= 11 is 7.30. The van der Waals surface area contributed by atoms with Gasteiger partial charge in [0, 0.05) is 32.6 Å². The van der Waals surface area contributed by atoms with Crippen molar-refractivity contribution in [2.45, 2.75) is 6.42 Å². The van der Waals surface area contributed by atoms with Gasteiger partial charge in [-0.25, -0.2) is 0 Å². The minimum atomic E-state index is -0.567. The first-order chi connectivity index (χ1) is 11.1. The summed E-state index contributed by atoms with van der Waals surface area (Å²) in [5.41, 5.74) is 1.53. The third kappa shape index (κ3) is 3.60. The number of carbonyl (C=O) groups excluding carboxylic acids is 2. The number of Topliss-reactive ketones (excluding diaryl/α,β-unsaturated/α-hetero) is 1. The van der Waals surface area contributed by atoms with Crippen LogP contribution in [0.3, 0.4) is 0 Å². The fourth-order valence-corrected chi connectivity index (χ4v) is 3.39. The van der Waals surface area contributed by atoms with Crippen molar-refractivity contribution in [2.75, 3.05) is 6.54 Å². The third-order valence-corrected chi connectivity index (χ3v) is 4.76. The van der Waals surface area contributed by atoms with Crippen LogP contribution in [0, 0.1) is 0 Å². The highest BCUT2D eigenvalue weighted by molar-refractivity contribution is 7.17. The van der Waals surface area contributed by atoms with Crippen LogP contribution in [-0.2, 0) is 11.2 Å². The Labute approximate surface area is 142 Å². The Hall–Kier alpha value is -2.17. The van der Waals surface area contributed by atoms with Crippen LogP contribution in [0.4, 0.5) is 0 Å². The standard InChI is InChI=1S/C18H14ClNO2S/c19-13-7-5-12(6-8-13)9-10-20-18(22)17(21)15-11-23-16-4-2-1-3-14(15)16/h1-8,11H,9-10H2,(H,20,22). The lowest BCUT2D eigenvalue weighted by Gasteiger charge is -2.04. The minimum Gasteiger partial charge on any atom is -0.349 e. The van der Waals surface area contributed by atoms with Crippen molar-refractivity contribution in [3.63, 3.8) is 0 Å². The molecule has 2 aromatic carbocycles. The van der Waals surface area contributed by atoms with Crippen LogP contribution < -0.4 is 5.32 Å². The normalized spacial score (nSPS) is 10.7. The molecule has 0 saturated heterocycles. The summed E-state index contributed by atoms with van der Waals surface area (Å²) in [6, 6.07) is 15.0. The van der Waals surface area contributed by atoms with Crippen LogP contribution in [-0.4, -0.2) is 18.2 Å². The van der Waals surface area contributed by atoms with Crippen LogP contribution >= 0.6 is 22.9 Å². The number of fused-ring (bicyclic) bond motifs is 1. The summed E-state index contributed by atoms with van der Waals surface area (Å²) in [6.07, 6.45) is 0.653. The van der Waals surface area contributed by atoms with Crippen LogP contribution in [0.2, 0.25) is 5.02 Å². The molecule has 0 fully saturated rings. The largest absolute Gasteiger partial charge is 0.349 e. The molecule has 0 unspecified atom stereocenters. The average molecular weight is 344 g/mol. The van der Waals surface area contributed by atoms with Gasteiger partial charge in [0.15, 0.2) is 0 Å². The molecule has 3 rings (SSSR count). The van der Waals surface area contributed by atoms with E-state index in [4.69, 9.17) is 11.6 Å². The highest BCUT2D eigenvalue weighted by Crippen LogP contribution is 2.25. The number of ketones is 1. The Morgan fingerprint density at radius 3 is 2.57 bits per heavy atom. The van der Waals surface area contributed by atoms with Gasteiger partial charge in [0.1, 0.15) is 0 Å². The molecule has 3 nitrogen and oxygen atoms in total. The Morgan fingerprint density at radius 1 is 1.04 bits per heavy atom. The zero-order valence-corrected chi connectivity index (χ0v) is 13.8. The van der Waals surface area contributed by atoms with E-state index >= 15 is 0 Å². The van der Waals surface area contributed by atoms with Crippen molar-refractivity contribution in [1.82, 2.24) is 5.32 Å². The fourth-order valence-electron chi connectivity index (χ4n) is 2.33. The smallest absolute Gasteiger partial charge is 0.292 e. The van der Waals surface area contributed by atoms with Crippen LogP contribution in [0.5, 0.6) is 0 Å². The van der Waals surface area contributed by atoms with Crippen molar-refractivity contribution in [3.05, 3.63) is 70.1 Å². The number of halogens is 1. The maximum Gasteiger partial charge on any atom is 0.292 e. The molecule has 0 radical (unpaired) electrons. The fraction of sp³-hybridized carbons (Fsp3) is 0.111. The van der Waals surface area contributed by atoms with E-state index in [2.05, 4.69) is 5.32 Å². The number of rotatable bonds is 5. The van der Waals surface area contributed by atoms with Crippen molar-refractivity contribution >= 4 is 44.7 Å². The number of thiophene rings is 1. The monoisotopic (exact) mass is 343 g/mol. The predicted octanol–water partition coefficient (Wildman–Crippen LogP) is 4.10. The van der Waals surface area contributed by atoms with Gasteiger partial charge in [-0.3, -0.25) is 9.59 Å². The van der Waals surface area contributed by atoms with E-state index in [1.165, 1.54) is 11.3 Å². The van der Waals surface area contributed by atoms with Gasteiger partial charge in [0.05, 0.1) is 0 Å². The quantitative estimate of drug-likeness (QED) is 0.560. The molecule has 1 N–H and O–H groups in total. The lowest BCUT2D eigenvalue weighted by molar-refractivity contribution is -0.116. The van der Waals surface area contributed by atoms with Gasteiger partial charge in [-0.15, -0.1) is 11.3 Å². The molecule has 0 saturated carbocycles. The zero-order chi connectivity index (χ0) is 16.2. The van der Waals surface area contributed by atoms with Crippen LogP contribution in [0.15, 0.2) is 53.9 Å². The summed E-state index contributed by atoms with van der Waals surface area (Å²) in [6.45, 7) is 0.411. The van der Waals surface area contributed by atoms with Crippen molar-refractivity contribution in [2.24, 2.45) is 0 Å². The van der Waals surface area contributed by atoms with E-state index in [9.17, 15) is 9.59 Å². The summed E-state index contributed by atoms with van der Waals surface area (Å²) in [5, 5.41) is 5.93. The molecule has 1 amide bonds. The second-order valence-electron chi connectivity index (χ2n) is 5.11. The van der Waals surface area contributed by atoms with E-state index in [-0.39, 0.29) is 0 Å². The summed E-state index contributed by atoms with van der Waals surface area (Å²) < 4.78 is 1.00. The lowest BCUT2D eigenvalue weighted by Crippen LogP contribution is -2.32. The molecule has 23 heavy (non-hydrogen) atoms. The van der Waals surface area contributed by atoms with E-state index in [1.54, 1.807) is 17.5 Å². The molecule has 0 spiro atoms. The zero-order valence-electron chi connectivity index (χ0n) is 12.2. The maximum atomic E-state index is 12.3. The Morgan fingerprint density at radius 2 is 1.78 bits per heavy atom. The third-order valence-electron chi connectivity index (χ3n) is 3.54. The number of hydrogen-bond donors (Lipinski definition) is 1. The first-order valence-corrected chi connectivity index (χ1v) is 8.44. The number of nitrogens with one attached hydrogen (secondary N) is 1. The van der Waals surface area contributed by atoms with Gasteiger partial charge in [-0.05, 0) is 30.2 Å². The highest BCUT2D eigenvalue weighted by Gasteiger charge is 2.19. The molecule has 1 heterocycles. The summed E-state index contributed by atoms with van der Waals surface area (Å²) in [4.78, 5) is 24.3. The van der Waals surface area contributed by atoms with E-state index in [0.717, 1.165) is 15.6 Å². The molecule has 116 valence electrons. The molecule has 5 heteroatoms. The summed E-state index contributed by atoms with van der Waals surface area (Å²) in [5.74, 6) is -1.05. The van der Waals surface area contributed by atoms with Crippen molar-refractivity contribution < 1.29 is 9.59 Å². The molecule has 0 bridgehead atoms. The number of amides is 1. The number of carbonyl (C=O) groups is 2. The Kier molecular flexibility index (Phi) is 4.74. The molecule has 0 aliphatic carbocycles. The first kappa shape index (κ1) is 15.7. The number of benzene rings is 2. The SMILES string of the molecule is O=C(NCCc1ccc(Cl)cc1)C(=O)c1csc2ccccc12. The molecule has 0 aliphatic heterocycles. The molecule has 1 aromatic heterocycles. The molecular weight excluding hydrogens is 330 g/mol. The van der Waals surface area contributed by atoms with Gasteiger partial charge in [-0.2, -0.15) is 0 Å². The second-order valence-corrected chi connectivity index (χ2v) is 6.45. The van der Waals surface area contributed by atoms with E-state index in [1.807, 2.05) is 36.4 Å². The number of hydrogen-bond acceptors (Lipinski definition) is 3. The molecular formula is C18H14ClNO2S. The van der Waals surface area contributed by atoms with Gasteiger partial charge in [0.2, 0.25) is 0 Å². The molecule has 0 atom stereocenters. The maximum absolute atomic E-state index is 12.3. The van der Waals surface area contributed by atoms with Crippen molar-refractivity contribution in [3.8, 4) is 0 Å². The van der Waals surface area contributed by atoms with Crippen LogP contribution in [0.25, 0.3) is 10.1 Å². The predicted molar refractivity (Wildman–Crippen MR) is 94.3 cm³/mol. The minimum absolute atomic E-state index is 0.411. The van der Waals surface area contributed by atoms with Crippen LogP contribution in [0.1, 0.15) is 15.9 Å².